The van der Waals surface area contributed by atoms with E-state index < -0.39 is 26.5 Å². The van der Waals surface area contributed by atoms with Crippen LogP contribution in [0.5, 0.6) is 0 Å². The molecule has 0 atom stereocenters. The number of rotatable bonds is 4. The third kappa shape index (κ3) is 3.04. The minimum atomic E-state index is -1.53. The summed E-state index contributed by atoms with van der Waals surface area (Å²) in [6, 6.07) is 0. The van der Waals surface area contributed by atoms with Crippen molar-refractivity contribution in [1.82, 2.24) is 0 Å². The molecule has 86 valence electrons. The molecule has 0 aromatic heterocycles. The standard InChI is InChI=1S/C12H30Ge2/c1-10(2)13(6,7)12(5)14(8,9)11(3)4/h10-12H,1-9H3. The van der Waals surface area contributed by atoms with Gasteiger partial charge in [0.1, 0.15) is 0 Å². The van der Waals surface area contributed by atoms with Gasteiger partial charge in [0.2, 0.25) is 0 Å². The second kappa shape index (κ2) is 4.94. The fraction of sp³-hybridized carbons (Fsp3) is 1.00. The summed E-state index contributed by atoms with van der Waals surface area (Å²) in [5.41, 5.74) is 0. The molecule has 0 rings (SSSR count). The molecule has 2 heteroatoms. The van der Waals surface area contributed by atoms with Crippen molar-refractivity contribution in [2.45, 2.75) is 70.7 Å². The Labute approximate surface area is 97.0 Å². The summed E-state index contributed by atoms with van der Waals surface area (Å²) in [6.07, 6.45) is 0. The molecule has 0 aliphatic rings. The molecule has 0 aliphatic carbocycles. The number of hydrogen-bond acceptors (Lipinski definition) is 0. The van der Waals surface area contributed by atoms with Crippen LogP contribution in [-0.2, 0) is 0 Å². The van der Waals surface area contributed by atoms with Gasteiger partial charge in [0.25, 0.3) is 0 Å². The van der Waals surface area contributed by atoms with Gasteiger partial charge in [-0.3, -0.25) is 0 Å². The first kappa shape index (κ1) is 15.1. The van der Waals surface area contributed by atoms with Gasteiger partial charge in [-0.15, -0.1) is 0 Å². The van der Waals surface area contributed by atoms with E-state index in [1.165, 1.54) is 0 Å². The predicted molar refractivity (Wildman–Crippen MR) is 74.6 cm³/mol. The summed E-state index contributed by atoms with van der Waals surface area (Å²) >= 11 is -3.05. The molecule has 0 saturated carbocycles. The monoisotopic (exact) mass is 322 g/mol. The van der Waals surface area contributed by atoms with Crippen molar-refractivity contribution >= 4 is 26.5 Å². The van der Waals surface area contributed by atoms with Crippen LogP contribution in [0.15, 0.2) is 0 Å². The van der Waals surface area contributed by atoms with Crippen LogP contribution in [0.3, 0.4) is 0 Å². The molecule has 0 spiro atoms. The van der Waals surface area contributed by atoms with Crippen molar-refractivity contribution in [2.24, 2.45) is 0 Å². The normalized spacial score (nSPS) is 14.6. The van der Waals surface area contributed by atoms with E-state index in [0.717, 1.165) is 13.1 Å². The van der Waals surface area contributed by atoms with Crippen LogP contribution in [0.25, 0.3) is 0 Å². The van der Waals surface area contributed by atoms with Gasteiger partial charge in [0.15, 0.2) is 0 Å². The Kier molecular flexibility index (Phi) is 5.33. The van der Waals surface area contributed by atoms with Crippen LogP contribution in [0.2, 0.25) is 36.1 Å². The molecule has 0 aromatic rings. The van der Waals surface area contributed by atoms with Crippen molar-refractivity contribution in [3.05, 3.63) is 0 Å². The molecular weight excluding hydrogens is 289 g/mol. The molecule has 0 nitrogen and oxygen atoms in total. The maximum absolute atomic E-state index is 2.64. The third-order valence-corrected chi connectivity index (χ3v) is 43.3. The van der Waals surface area contributed by atoms with Crippen LogP contribution in [0.1, 0.15) is 34.6 Å². The first-order valence-corrected chi connectivity index (χ1v) is 19.3. The first-order valence-electron chi connectivity index (χ1n) is 6.04. The van der Waals surface area contributed by atoms with Gasteiger partial charge in [-0.25, -0.2) is 0 Å². The van der Waals surface area contributed by atoms with Crippen LogP contribution >= 0.6 is 0 Å². The Morgan fingerprint density at radius 1 is 0.571 bits per heavy atom. The zero-order valence-corrected chi connectivity index (χ0v) is 15.9. The average Bonchev–Trinajstić information content (AvgIpc) is 2.02. The Morgan fingerprint density at radius 2 is 0.786 bits per heavy atom. The Balaban J connectivity index is 4.85. The summed E-state index contributed by atoms with van der Waals surface area (Å²) in [6.45, 7) is 12.4. The Hall–Kier alpha value is 1.09. The van der Waals surface area contributed by atoms with Gasteiger partial charge in [-0.2, -0.15) is 0 Å². The van der Waals surface area contributed by atoms with E-state index in [2.05, 4.69) is 57.6 Å². The van der Waals surface area contributed by atoms with Gasteiger partial charge in [-0.1, -0.05) is 0 Å². The van der Waals surface area contributed by atoms with Crippen molar-refractivity contribution in [1.29, 1.82) is 0 Å². The summed E-state index contributed by atoms with van der Waals surface area (Å²) in [4.78, 5) is 0. The SMILES string of the molecule is C[CH](C)[Ge]([CH3])([CH3])[CH](C)[Ge]([CH3])([CH3])[CH](C)C. The fourth-order valence-electron chi connectivity index (χ4n) is 1.96. The molecular formula is C12H30Ge2. The topological polar surface area (TPSA) is 0 Å². The Bertz CT molecular complexity index is 161. The minimum absolute atomic E-state index is 0.980. The van der Waals surface area contributed by atoms with E-state index in [0.29, 0.717) is 0 Å². The van der Waals surface area contributed by atoms with Crippen molar-refractivity contribution in [2.75, 3.05) is 0 Å². The second-order valence-electron chi connectivity index (χ2n) is 6.67. The quantitative estimate of drug-likeness (QED) is 0.628. The molecule has 0 unspecified atom stereocenters. The first-order chi connectivity index (χ1) is 6.04. The maximum atomic E-state index is 2.64. The molecule has 14 heavy (non-hydrogen) atoms. The van der Waals surface area contributed by atoms with E-state index in [1.807, 2.05) is 0 Å². The summed E-state index contributed by atoms with van der Waals surface area (Å²) in [5, 5.41) is 0. The molecule has 0 aliphatic heterocycles. The molecule has 0 amide bonds. The molecule has 0 fully saturated rings. The number of hydrogen-bond donors (Lipinski definition) is 0. The van der Waals surface area contributed by atoms with Crippen molar-refractivity contribution in [3.63, 3.8) is 0 Å². The van der Waals surface area contributed by atoms with Gasteiger partial charge >= 0.3 is 97.3 Å². The van der Waals surface area contributed by atoms with E-state index in [1.54, 1.807) is 0 Å². The summed E-state index contributed by atoms with van der Waals surface area (Å²) in [7, 11) is 0. The van der Waals surface area contributed by atoms with E-state index in [4.69, 9.17) is 0 Å². The van der Waals surface area contributed by atoms with Gasteiger partial charge < -0.3 is 0 Å². The molecule has 0 aromatic carbocycles. The summed E-state index contributed by atoms with van der Waals surface area (Å²) < 4.78 is 3.08. The third-order valence-electron chi connectivity index (χ3n) is 5.21. The van der Waals surface area contributed by atoms with Gasteiger partial charge in [-0.05, 0) is 0 Å². The van der Waals surface area contributed by atoms with Gasteiger partial charge in [0, 0.05) is 0 Å². The molecule has 0 radical (unpaired) electrons. The fourth-order valence-corrected chi connectivity index (χ4v) is 38.4. The van der Waals surface area contributed by atoms with E-state index >= 15 is 0 Å². The van der Waals surface area contributed by atoms with E-state index in [9.17, 15) is 0 Å². The molecule has 0 bridgehead atoms. The van der Waals surface area contributed by atoms with Crippen LogP contribution in [0, 0.1) is 0 Å². The average molecular weight is 320 g/mol. The zero-order chi connectivity index (χ0) is 11.7. The second-order valence-corrected chi connectivity index (χ2v) is 33.0. The predicted octanol–water partition coefficient (Wildman–Crippen LogP) is 5.15. The van der Waals surface area contributed by atoms with Crippen molar-refractivity contribution in [3.8, 4) is 0 Å². The van der Waals surface area contributed by atoms with Crippen LogP contribution in [0.4, 0.5) is 0 Å². The van der Waals surface area contributed by atoms with Gasteiger partial charge in [0.05, 0.1) is 0 Å². The molecule has 0 heterocycles. The Morgan fingerprint density at radius 3 is 0.929 bits per heavy atom. The van der Waals surface area contributed by atoms with E-state index in [-0.39, 0.29) is 0 Å². The molecule has 0 saturated heterocycles. The van der Waals surface area contributed by atoms with Crippen molar-refractivity contribution < 1.29 is 0 Å². The van der Waals surface area contributed by atoms with Crippen LogP contribution in [-0.4, -0.2) is 26.5 Å². The molecule has 0 N–H and O–H groups in total. The zero-order valence-electron chi connectivity index (χ0n) is 11.7. The van der Waals surface area contributed by atoms with Crippen LogP contribution < -0.4 is 0 Å². The summed E-state index contributed by atoms with van der Waals surface area (Å²) in [5.74, 6) is 10.6.